The molecule has 1 fully saturated rings. The lowest BCUT2D eigenvalue weighted by Gasteiger charge is -2.22. The number of H-pyrrole nitrogens is 1. The molecule has 0 aliphatic carbocycles. The SMILES string of the molecule is N[C@H]1CCCCN(C(=O)c2ccc3n[nH]nc3c2)C1. The van der Waals surface area contributed by atoms with Gasteiger partial charge in [-0.15, -0.1) is 0 Å². The van der Waals surface area contributed by atoms with Crippen LogP contribution in [0.4, 0.5) is 0 Å². The van der Waals surface area contributed by atoms with E-state index < -0.39 is 0 Å². The van der Waals surface area contributed by atoms with Crippen LogP contribution in [0.2, 0.25) is 0 Å². The van der Waals surface area contributed by atoms with Gasteiger partial charge in [0, 0.05) is 24.7 Å². The van der Waals surface area contributed by atoms with Gasteiger partial charge in [0.05, 0.1) is 0 Å². The number of aromatic amines is 1. The number of nitrogens with two attached hydrogens (primary N) is 1. The van der Waals surface area contributed by atoms with Gasteiger partial charge in [0.2, 0.25) is 0 Å². The van der Waals surface area contributed by atoms with E-state index in [-0.39, 0.29) is 11.9 Å². The summed E-state index contributed by atoms with van der Waals surface area (Å²) < 4.78 is 0. The lowest BCUT2D eigenvalue weighted by atomic mass is 10.1. The van der Waals surface area contributed by atoms with E-state index in [2.05, 4.69) is 15.4 Å². The van der Waals surface area contributed by atoms with Crippen molar-refractivity contribution in [3.63, 3.8) is 0 Å². The molecule has 0 bridgehead atoms. The number of hydrogen-bond donors (Lipinski definition) is 2. The lowest BCUT2D eigenvalue weighted by Crippen LogP contribution is -2.39. The van der Waals surface area contributed by atoms with Crippen LogP contribution in [0.5, 0.6) is 0 Å². The summed E-state index contributed by atoms with van der Waals surface area (Å²) in [7, 11) is 0. The predicted octanol–water partition coefficient (Wildman–Crippen LogP) is 0.911. The van der Waals surface area contributed by atoms with Gasteiger partial charge in [-0.05, 0) is 31.0 Å². The van der Waals surface area contributed by atoms with Gasteiger partial charge in [-0.3, -0.25) is 4.79 Å². The molecule has 1 saturated heterocycles. The number of likely N-dealkylation sites (tertiary alicyclic amines) is 1. The first-order valence-electron chi connectivity index (χ1n) is 6.59. The number of fused-ring (bicyclic) bond motifs is 1. The number of hydrogen-bond acceptors (Lipinski definition) is 4. The van der Waals surface area contributed by atoms with E-state index in [1.807, 2.05) is 11.0 Å². The lowest BCUT2D eigenvalue weighted by molar-refractivity contribution is 0.0755. The molecule has 3 N–H and O–H groups in total. The Labute approximate surface area is 111 Å². The molecule has 1 aliphatic heterocycles. The Morgan fingerprint density at radius 3 is 3.05 bits per heavy atom. The van der Waals surface area contributed by atoms with Crippen molar-refractivity contribution in [3.8, 4) is 0 Å². The zero-order chi connectivity index (χ0) is 13.2. The van der Waals surface area contributed by atoms with E-state index in [9.17, 15) is 4.79 Å². The fourth-order valence-electron chi connectivity index (χ4n) is 2.52. The third kappa shape index (κ3) is 2.44. The first kappa shape index (κ1) is 12.1. The molecule has 6 nitrogen and oxygen atoms in total. The van der Waals surface area contributed by atoms with Gasteiger partial charge in [-0.1, -0.05) is 6.42 Å². The second-order valence-corrected chi connectivity index (χ2v) is 5.03. The highest BCUT2D eigenvalue weighted by Crippen LogP contribution is 2.16. The Morgan fingerprint density at radius 2 is 2.16 bits per heavy atom. The summed E-state index contributed by atoms with van der Waals surface area (Å²) in [4.78, 5) is 14.3. The average Bonchev–Trinajstić information content (AvgIpc) is 2.78. The van der Waals surface area contributed by atoms with Crippen molar-refractivity contribution in [3.05, 3.63) is 23.8 Å². The minimum Gasteiger partial charge on any atom is -0.337 e. The van der Waals surface area contributed by atoms with E-state index in [1.165, 1.54) is 0 Å². The van der Waals surface area contributed by atoms with Crippen LogP contribution in [-0.2, 0) is 0 Å². The van der Waals surface area contributed by atoms with Crippen LogP contribution >= 0.6 is 0 Å². The van der Waals surface area contributed by atoms with Crippen molar-refractivity contribution in [1.82, 2.24) is 20.3 Å². The largest absolute Gasteiger partial charge is 0.337 e. The van der Waals surface area contributed by atoms with Crippen LogP contribution in [0.3, 0.4) is 0 Å². The van der Waals surface area contributed by atoms with Crippen LogP contribution in [-0.4, -0.2) is 45.3 Å². The zero-order valence-electron chi connectivity index (χ0n) is 10.7. The smallest absolute Gasteiger partial charge is 0.253 e. The number of carbonyl (C=O) groups excluding carboxylic acids is 1. The summed E-state index contributed by atoms with van der Waals surface area (Å²) in [5, 5.41) is 10.5. The molecule has 6 heteroatoms. The van der Waals surface area contributed by atoms with Crippen molar-refractivity contribution in [2.45, 2.75) is 25.3 Å². The van der Waals surface area contributed by atoms with E-state index in [0.29, 0.717) is 17.6 Å². The summed E-state index contributed by atoms with van der Waals surface area (Å²) in [5.74, 6) is 0.0299. The third-order valence-corrected chi connectivity index (χ3v) is 3.56. The van der Waals surface area contributed by atoms with Crippen molar-refractivity contribution in [2.24, 2.45) is 5.73 Å². The maximum absolute atomic E-state index is 12.5. The predicted molar refractivity (Wildman–Crippen MR) is 71.6 cm³/mol. The monoisotopic (exact) mass is 259 g/mol. The normalized spacial score (nSPS) is 20.5. The Hall–Kier alpha value is -1.95. The topological polar surface area (TPSA) is 87.9 Å². The number of carbonyl (C=O) groups is 1. The molecule has 0 spiro atoms. The molecule has 1 amide bonds. The maximum atomic E-state index is 12.5. The molecule has 1 aromatic heterocycles. The Balaban J connectivity index is 1.85. The molecule has 1 atom stereocenters. The fourth-order valence-corrected chi connectivity index (χ4v) is 2.52. The number of amides is 1. The van der Waals surface area contributed by atoms with Crippen molar-refractivity contribution in [1.29, 1.82) is 0 Å². The van der Waals surface area contributed by atoms with E-state index >= 15 is 0 Å². The number of nitrogens with one attached hydrogen (secondary N) is 1. The molecule has 100 valence electrons. The summed E-state index contributed by atoms with van der Waals surface area (Å²) in [6, 6.07) is 5.47. The summed E-state index contributed by atoms with van der Waals surface area (Å²) in [6.07, 6.45) is 3.10. The average molecular weight is 259 g/mol. The molecule has 19 heavy (non-hydrogen) atoms. The van der Waals surface area contributed by atoms with Crippen molar-refractivity contribution >= 4 is 16.9 Å². The fraction of sp³-hybridized carbons (Fsp3) is 0.462. The van der Waals surface area contributed by atoms with E-state index in [4.69, 9.17) is 5.73 Å². The second kappa shape index (κ2) is 4.97. The van der Waals surface area contributed by atoms with Crippen LogP contribution in [0, 0.1) is 0 Å². The van der Waals surface area contributed by atoms with E-state index in [0.717, 1.165) is 31.3 Å². The summed E-state index contributed by atoms with van der Waals surface area (Å²) in [5.41, 5.74) is 8.12. The minimum atomic E-state index is 0.0299. The zero-order valence-corrected chi connectivity index (χ0v) is 10.7. The number of aromatic nitrogens is 3. The molecule has 0 unspecified atom stereocenters. The van der Waals surface area contributed by atoms with Crippen LogP contribution < -0.4 is 5.73 Å². The summed E-state index contributed by atoms with van der Waals surface area (Å²) in [6.45, 7) is 1.42. The van der Waals surface area contributed by atoms with Crippen LogP contribution in [0.25, 0.3) is 11.0 Å². The Kier molecular flexibility index (Phi) is 3.16. The Bertz CT molecular complexity index is 593. The van der Waals surface area contributed by atoms with Gasteiger partial charge in [-0.2, -0.15) is 15.4 Å². The van der Waals surface area contributed by atoms with Gasteiger partial charge < -0.3 is 10.6 Å². The molecule has 2 aromatic rings. The van der Waals surface area contributed by atoms with Crippen molar-refractivity contribution in [2.75, 3.05) is 13.1 Å². The molecule has 1 aliphatic rings. The molecule has 0 radical (unpaired) electrons. The number of nitrogens with zero attached hydrogens (tertiary/aromatic N) is 3. The quantitative estimate of drug-likeness (QED) is 0.796. The molecular weight excluding hydrogens is 242 g/mol. The Morgan fingerprint density at radius 1 is 1.32 bits per heavy atom. The third-order valence-electron chi connectivity index (χ3n) is 3.56. The molecule has 3 rings (SSSR count). The standard InChI is InChI=1S/C13H17N5O/c14-10-3-1-2-6-18(8-10)13(19)9-4-5-11-12(7-9)16-17-15-11/h4-5,7,10H,1-3,6,8,14H2,(H,15,16,17)/t10-/m0/s1. The van der Waals surface area contributed by atoms with Gasteiger partial charge >= 0.3 is 0 Å². The van der Waals surface area contributed by atoms with Gasteiger partial charge in [-0.25, -0.2) is 0 Å². The summed E-state index contributed by atoms with van der Waals surface area (Å²) >= 11 is 0. The maximum Gasteiger partial charge on any atom is 0.253 e. The van der Waals surface area contributed by atoms with Gasteiger partial charge in [0.15, 0.2) is 0 Å². The minimum absolute atomic E-state index is 0.0299. The van der Waals surface area contributed by atoms with Gasteiger partial charge in [0.1, 0.15) is 11.0 Å². The van der Waals surface area contributed by atoms with Crippen molar-refractivity contribution < 1.29 is 4.79 Å². The number of rotatable bonds is 1. The highest BCUT2D eigenvalue weighted by Gasteiger charge is 2.21. The van der Waals surface area contributed by atoms with Gasteiger partial charge in [0.25, 0.3) is 5.91 Å². The number of benzene rings is 1. The van der Waals surface area contributed by atoms with Crippen LogP contribution in [0.1, 0.15) is 29.6 Å². The van der Waals surface area contributed by atoms with E-state index in [1.54, 1.807) is 12.1 Å². The highest BCUT2D eigenvalue weighted by atomic mass is 16.2. The molecular formula is C13H17N5O. The second-order valence-electron chi connectivity index (χ2n) is 5.03. The highest BCUT2D eigenvalue weighted by molar-refractivity contribution is 5.97. The molecule has 0 saturated carbocycles. The first-order valence-corrected chi connectivity index (χ1v) is 6.59. The molecule has 2 heterocycles. The van der Waals surface area contributed by atoms with Crippen LogP contribution in [0.15, 0.2) is 18.2 Å². The molecule has 1 aromatic carbocycles. The first-order chi connectivity index (χ1) is 9.24.